The number of carbonyl (C=O) groups excluding carboxylic acids is 1. The van der Waals surface area contributed by atoms with Gasteiger partial charge in [-0.3, -0.25) is 14.9 Å². The lowest BCUT2D eigenvalue weighted by Crippen LogP contribution is -2.51. The van der Waals surface area contributed by atoms with Crippen molar-refractivity contribution in [3.63, 3.8) is 0 Å². The predicted molar refractivity (Wildman–Crippen MR) is 77.7 cm³/mol. The summed E-state index contributed by atoms with van der Waals surface area (Å²) in [6.07, 6.45) is 1.98. The monoisotopic (exact) mass is 296 g/mol. The van der Waals surface area contributed by atoms with Crippen LogP contribution in [0.5, 0.6) is 0 Å². The summed E-state index contributed by atoms with van der Waals surface area (Å²) in [6, 6.07) is 4.19. The summed E-state index contributed by atoms with van der Waals surface area (Å²) < 4.78 is 0. The van der Waals surface area contributed by atoms with E-state index >= 15 is 0 Å². The molecule has 5 nitrogen and oxygen atoms in total. The summed E-state index contributed by atoms with van der Waals surface area (Å²) in [4.78, 5) is 26.4. The number of carboxylic acid groups (broad SMARTS) is 1. The molecule has 2 heterocycles. The Morgan fingerprint density at radius 2 is 2.30 bits per heavy atom. The van der Waals surface area contributed by atoms with Crippen molar-refractivity contribution < 1.29 is 14.7 Å². The summed E-state index contributed by atoms with van der Waals surface area (Å²) in [6.45, 7) is 3.92. The zero-order valence-corrected chi connectivity index (χ0v) is 12.6. The highest BCUT2D eigenvalue weighted by Gasteiger charge is 2.32. The second-order valence-electron chi connectivity index (χ2n) is 5.54. The molecule has 2 N–H and O–H groups in total. The first kappa shape index (κ1) is 15.0. The number of carbonyl (C=O) groups is 2. The lowest BCUT2D eigenvalue weighted by Gasteiger charge is -2.27. The number of aliphatic carboxylic acids is 1. The molecular formula is C14H20N2O3S. The molecule has 0 bridgehead atoms. The minimum atomic E-state index is -1.09. The smallest absolute Gasteiger partial charge is 0.323 e. The minimum Gasteiger partial charge on any atom is -0.480 e. The molecule has 1 aromatic rings. The fourth-order valence-electron chi connectivity index (χ4n) is 2.32. The standard InChI is InChI=1S/C14H20N2O3S/c1-14(2,13(18)19)15-9-12(17)16-7-3-5-10(16)11-6-4-8-20-11/h4,6,8,10,15H,3,5,7,9H2,1-2H3,(H,18,19). The highest BCUT2D eigenvalue weighted by atomic mass is 32.1. The molecule has 1 aliphatic rings. The van der Waals surface area contributed by atoms with Gasteiger partial charge in [-0.05, 0) is 38.1 Å². The maximum atomic E-state index is 12.3. The molecular weight excluding hydrogens is 276 g/mol. The van der Waals surface area contributed by atoms with Gasteiger partial charge in [0.15, 0.2) is 0 Å². The Morgan fingerprint density at radius 3 is 2.90 bits per heavy atom. The number of likely N-dealkylation sites (tertiary alicyclic amines) is 1. The third-order valence-electron chi connectivity index (χ3n) is 3.66. The first-order chi connectivity index (χ1) is 9.42. The third-order valence-corrected chi connectivity index (χ3v) is 4.63. The van der Waals surface area contributed by atoms with Crippen molar-refractivity contribution in [3.8, 4) is 0 Å². The van der Waals surface area contributed by atoms with Gasteiger partial charge in [0.05, 0.1) is 12.6 Å². The molecule has 0 spiro atoms. The zero-order chi connectivity index (χ0) is 14.8. The molecule has 0 saturated carbocycles. The van der Waals surface area contributed by atoms with Gasteiger partial charge in [0.25, 0.3) is 0 Å². The van der Waals surface area contributed by atoms with E-state index < -0.39 is 11.5 Å². The second-order valence-corrected chi connectivity index (χ2v) is 6.52. The SMILES string of the molecule is CC(C)(NCC(=O)N1CCCC1c1cccs1)C(=O)O. The molecule has 1 aliphatic heterocycles. The molecule has 1 fully saturated rings. The Hall–Kier alpha value is -1.40. The summed E-state index contributed by atoms with van der Waals surface area (Å²) >= 11 is 1.66. The number of nitrogens with zero attached hydrogens (tertiary/aromatic N) is 1. The van der Waals surface area contributed by atoms with Crippen molar-refractivity contribution in [3.05, 3.63) is 22.4 Å². The molecule has 20 heavy (non-hydrogen) atoms. The molecule has 1 atom stereocenters. The minimum absolute atomic E-state index is 0.0322. The normalized spacial score (nSPS) is 19.3. The van der Waals surface area contributed by atoms with Gasteiger partial charge in [-0.1, -0.05) is 6.07 Å². The van der Waals surface area contributed by atoms with Crippen LogP contribution in [-0.4, -0.2) is 40.5 Å². The van der Waals surface area contributed by atoms with Gasteiger partial charge in [-0.15, -0.1) is 11.3 Å². The van der Waals surface area contributed by atoms with Crippen LogP contribution in [0, 0.1) is 0 Å². The van der Waals surface area contributed by atoms with E-state index in [-0.39, 0.29) is 18.5 Å². The van der Waals surface area contributed by atoms with Gasteiger partial charge in [-0.2, -0.15) is 0 Å². The summed E-state index contributed by atoms with van der Waals surface area (Å²) in [7, 11) is 0. The Balaban J connectivity index is 1.97. The third kappa shape index (κ3) is 3.19. The van der Waals surface area contributed by atoms with Crippen molar-refractivity contribution >= 4 is 23.2 Å². The van der Waals surface area contributed by atoms with Crippen molar-refractivity contribution in [1.29, 1.82) is 0 Å². The van der Waals surface area contributed by atoms with Crippen LogP contribution in [0.1, 0.15) is 37.6 Å². The van der Waals surface area contributed by atoms with Gasteiger partial charge in [-0.25, -0.2) is 0 Å². The van der Waals surface area contributed by atoms with Crippen molar-refractivity contribution in [2.75, 3.05) is 13.1 Å². The van der Waals surface area contributed by atoms with E-state index in [1.54, 1.807) is 25.2 Å². The predicted octanol–water partition coefficient (Wildman–Crippen LogP) is 1.86. The van der Waals surface area contributed by atoms with Gasteiger partial charge >= 0.3 is 5.97 Å². The number of nitrogens with one attached hydrogen (secondary N) is 1. The fourth-order valence-corrected chi connectivity index (χ4v) is 3.19. The van der Waals surface area contributed by atoms with Crippen LogP contribution in [0.3, 0.4) is 0 Å². The van der Waals surface area contributed by atoms with Crippen molar-refractivity contribution in [2.24, 2.45) is 0 Å². The van der Waals surface area contributed by atoms with Crippen LogP contribution in [0.25, 0.3) is 0 Å². The summed E-state index contributed by atoms with van der Waals surface area (Å²) in [5.41, 5.74) is -1.09. The number of rotatable bonds is 5. The first-order valence-electron chi connectivity index (χ1n) is 6.73. The van der Waals surface area contributed by atoms with Crippen molar-refractivity contribution in [2.45, 2.75) is 38.3 Å². The highest BCUT2D eigenvalue weighted by molar-refractivity contribution is 7.10. The van der Waals surface area contributed by atoms with E-state index in [0.717, 1.165) is 19.4 Å². The summed E-state index contributed by atoms with van der Waals surface area (Å²) in [5, 5.41) is 13.9. The first-order valence-corrected chi connectivity index (χ1v) is 7.61. The topological polar surface area (TPSA) is 69.6 Å². The molecule has 1 unspecified atom stereocenters. The molecule has 1 aromatic heterocycles. The summed E-state index contributed by atoms with van der Waals surface area (Å²) in [5.74, 6) is -0.989. The van der Waals surface area contributed by atoms with E-state index in [4.69, 9.17) is 5.11 Å². The maximum absolute atomic E-state index is 12.3. The maximum Gasteiger partial charge on any atom is 0.323 e. The van der Waals surface area contributed by atoms with Gasteiger partial charge in [0, 0.05) is 11.4 Å². The van der Waals surface area contributed by atoms with Crippen LogP contribution in [0.15, 0.2) is 17.5 Å². The lowest BCUT2D eigenvalue weighted by molar-refractivity contribution is -0.143. The second kappa shape index (κ2) is 5.93. The van der Waals surface area contributed by atoms with Crippen LogP contribution >= 0.6 is 11.3 Å². The molecule has 1 amide bonds. The highest BCUT2D eigenvalue weighted by Crippen LogP contribution is 2.34. The van der Waals surface area contributed by atoms with Crippen LogP contribution in [0.4, 0.5) is 0 Å². The van der Waals surface area contributed by atoms with Gasteiger partial charge in [0.2, 0.25) is 5.91 Å². The average Bonchev–Trinajstić information content (AvgIpc) is 3.05. The lowest BCUT2D eigenvalue weighted by atomic mass is 10.1. The number of hydrogen-bond donors (Lipinski definition) is 2. The van der Waals surface area contributed by atoms with Gasteiger partial charge < -0.3 is 10.0 Å². The molecule has 6 heteroatoms. The Bertz CT molecular complexity index is 485. The van der Waals surface area contributed by atoms with Gasteiger partial charge in [0.1, 0.15) is 5.54 Å². The molecule has 0 aliphatic carbocycles. The quantitative estimate of drug-likeness (QED) is 0.870. The van der Waals surface area contributed by atoms with Crippen LogP contribution in [-0.2, 0) is 9.59 Å². The molecule has 1 saturated heterocycles. The van der Waals surface area contributed by atoms with Crippen LogP contribution < -0.4 is 5.32 Å². The number of thiophene rings is 1. The molecule has 2 rings (SSSR count). The molecule has 0 aromatic carbocycles. The fraction of sp³-hybridized carbons (Fsp3) is 0.571. The van der Waals surface area contributed by atoms with E-state index in [1.807, 2.05) is 16.3 Å². The number of hydrogen-bond acceptors (Lipinski definition) is 4. The Morgan fingerprint density at radius 1 is 1.55 bits per heavy atom. The number of carboxylic acids is 1. The number of amides is 1. The molecule has 110 valence electrons. The van der Waals surface area contributed by atoms with E-state index in [9.17, 15) is 9.59 Å². The zero-order valence-electron chi connectivity index (χ0n) is 11.8. The van der Waals surface area contributed by atoms with E-state index in [0.29, 0.717) is 0 Å². The van der Waals surface area contributed by atoms with E-state index in [2.05, 4.69) is 11.4 Å². The largest absolute Gasteiger partial charge is 0.480 e. The molecule has 0 radical (unpaired) electrons. The van der Waals surface area contributed by atoms with E-state index in [1.165, 1.54) is 4.88 Å². The van der Waals surface area contributed by atoms with Crippen molar-refractivity contribution in [1.82, 2.24) is 10.2 Å². The average molecular weight is 296 g/mol. The Kier molecular flexibility index (Phi) is 4.45. The Labute approximate surface area is 122 Å². The van der Waals surface area contributed by atoms with Crippen LogP contribution in [0.2, 0.25) is 0 Å².